The highest BCUT2D eigenvalue weighted by Gasteiger charge is 2.23. The van der Waals surface area contributed by atoms with Crippen LogP contribution in [0.2, 0.25) is 0 Å². The quantitative estimate of drug-likeness (QED) is 0.185. The molecule has 10 heteroatoms. The number of carbonyl (C=O) groups excluding carboxylic acids is 1. The van der Waals surface area contributed by atoms with Crippen molar-refractivity contribution in [2.75, 3.05) is 38.9 Å². The van der Waals surface area contributed by atoms with Crippen LogP contribution in [0.5, 0.6) is 0 Å². The fraction of sp³-hybridized carbons (Fsp3) is 0.316. The van der Waals surface area contributed by atoms with Crippen LogP contribution in [-0.4, -0.2) is 43.5 Å². The van der Waals surface area contributed by atoms with Gasteiger partial charge in [0.05, 0.1) is 53.8 Å². The minimum Gasteiger partial charge on any atom is -0.382 e. The van der Waals surface area contributed by atoms with E-state index in [1.165, 1.54) is 6.07 Å². The Kier molecular flexibility index (Phi) is 9.69. The van der Waals surface area contributed by atoms with Gasteiger partial charge >= 0.3 is 0 Å². The summed E-state index contributed by atoms with van der Waals surface area (Å²) < 4.78 is 40.2. The molecule has 0 spiro atoms. The molecule has 0 unspecified atom stereocenters. The monoisotopic (exact) mass is 584 g/mol. The van der Waals surface area contributed by atoms with Crippen molar-refractivity contribution in [2.24, 2.45) is 0 Å². The molecule has 0 aliphatic carbocycles. The second kappa shape index (κ2) is 11.7. The fourth-order valence-corrected chi connectivity index (χ4v) is 3.31. The van der Waals surface area contributed by atoms with Crippen molar-refractivity contribution < 1.29 is 27.9 Å². The molecule has 0 atom stereocenters. The lowest BCUT2D eigenvalue weighted by Crippen LogP contribution is -2.25. The lowest BCUT2D eigenvalue weighted by atomic mass is 10.1. The second-order valence-electron chi connectivity index (χ2n) is 5.86. The van der Waals surface area contributed by atoms with Gasteiger partial charge in [0.2, 0.25) is 0 Å². The van der Waals surface area contributed by atoms with Crippen molar-refractivity contribution in [1.82, 2.24) is 4.09 Å². The summed E-state index contributed by atoms with van der Waals surface area (Å²) in [5.74, 6) is -2.93. The molecular formula is C19H20BrF2IN2O4. The van der Waals surface area contributed by atoms with E-state index in [0.717, 1.165) is 19.3 Å². The zero-order valence-corrected chi connectivity index (χ0v) is 19.6. The van der Waals surface area contributed by atoms with Gasteiger partial charge in [0.15, 0.2) is 11.6 Å². The summed E-state index contributed by atoms with van der Waals surface area (Å²) in [6.07, 6.45) is 0. The van der Waals surface area contributed by atoms with Crippen molar-refractivity contribution in [1.29, 1.82) is 0 Å². The summed E-state index contributed by atoms with van der Waals surface area (Å²) in [6, 6.07) is 7.51. The van der Waals surface area contributed by atoms with Crippen molar-refractivity contribution in [2.45, 2.75) is 6.92 Å². The zero-order valence-electron chi connectivity index (χ0n) is 15.8. The lowest BCUT2D eigenvalue weighted by molar-refractivity contribution is -0.0697. The molecule has 0 fully saturated rings. The number of hydrogen-bond acceptors (Lipinski definition) is 5. The molecule has 1 N–H and O–H groups in total. The van der Waals surface area contributed by atoms with Gasteiger partial charge in [-0.2, -0.15) is 0 Å². The predicted octanol–water partition coefficient (Wildman–Crippen LogP) is 4.97. The molecule has 6 nitrogen and oxygen atoms in total. The van der Waals surface area contributed by atoms with E-state index in [-0.39, 0.29) is 24.5 Å². The van der Waals surface area contributed by atoms with Gasteiger partial charge < -0.3 is 14.8 Å². The summed E-state index contributed by atoms with van der Waals surface area (Å²) >= 11 is 5.14. The molecule has 0 bridgehead atoms. The van der Waals surface area contributed by atoms with Crippen molar-refractivity contribution in [3.63, 3.8) is 0 Å². The maximum absolute atomic E-state index is 14.5. The number of aryl methyl sites for hydroxylation is 1. The molecule has 158 valence electrons. The normalized spacial score (nSPS) is 10.8. The smallest absolute Gasteiger partial charge is 0.290 e. The fourth-order valence-electron chi connectivity index (χ4n) is 2.33. The number of hydrogen-bond donors (Lipinski definition) is 1. The molecule has 0 saturated carbocycles. The van der Waals surface area contributed by atoms with E-state index in [1.807, 2.05) is 19.1 Å². The van der Waals surface area contributed by atoms with Gasteiger partial charge in [0.25, 0.3) is 5.91 Å². The number of methoxy groups -OCH3 is 1. The van der Waals surface area contributed by atoms with E-state index in [1.54, 1.807) is 13.2 Å². The number of nitrogens with one attached hydrogen (secondary N) is 1. The first kappa shape index (κ1) is 23.9. The van der Waals surface area contributed by atoms with Crippen LogP contribution in [0.25, 0.3) is 0 Å². The predicted molar refractivity (Wildman–Crippen MR) is 117 cm³/mol. The summed E-state index contributed by atoms with van der Waals surface area (Å²) in [5, 5.41) is 2.82. The van der Waals surface area contributed by atoms with Crippen LogP contribution in [0.1, 0.15) is 15.9 Å². The molecule has 0 radical (unpaired) electrons. The number of rotatable bonds is 10. The summed E-state index contributed by atoms with van der Waals surface area (Å²) in [5.41, 5.74) is 0.999. The van der Waals surface area contributed by atoms with Crippen LogP contribution in [0, 0.1) is 22.1 Å². The Morgan fingerprint density at radius 3 is 2.59 bits per heavy atom. The standard InChI is InChI=1S/C19H20BrF2IN2O4/c1-12-11-13(23)3-6-16(12)24-18-14(4-5-15(21)17(18)22)19(26)25(20)29-10-9-28-8-7-27-2/h3-6,11,24H,7-10H2,1-2H3. The molecule has 2 rings (SSSR count). The number of nitrogens with zero attached hydrogens (tertiary/aromatic N) is 1. The first-order chi connectivity index (χ1) is 13.8. The number of ether oxygens (including phenoxy) is 2. The third-order valence-electron chi connectivity index (χ3n) is 3.80. The number of anilines is 2. The molecule has 2 aromatic rings. The topological polar surface area (TPSA) is 60.0 Å². The number of benzene rings is 2. The van der Waals surface area contributed by atoms with Gasteiger partial charge in [-0.25, -0.2) is 8.78 Å². The molecule has 0 aliphatic heterocycles. The van der Waals surface area contributed by atoms with Crippen molar-refractivity contribution >= 4 is 56.0 Å². The maximum atomic E-state index is 14.5. The minimum atomic E-state index is -1.16. The Balaban J connectivity index is 2.15. The maximum Gasteiger partial charge on any atom is 0.290 e. The Morgan fingerprint density at radius 1 is 1.17 bits per heavy atom. The van der Waals surface area contributed by atoms with E-state index in [9.17, 15) is 13.6 Å². The summed E-state index contributed by atoms with van der Waals surface area (Å²) in [7, 11) is 1.56. The summed E-state index contributed by atoms with van der Waals surface area (Å²) in [6.45, 7) is 2.96. The first-order valence-corrected chi connectivity index (χ1v) is 10.3. The largest absolute Gasteiger partial charge is 0.382 e. The Hall–Kier alpha value is -1.34. The van der Waals surface area contributed by atoms with Crippen molar-refractivity contribution in [3.05, 3.63) is 56.7 Å². The Labute approximate surface area is 189 Å². The molecule has 0 aromatic heterocycles. The first-order valence-electron chi connectivity index (χ1n) is 8.56. The molecular weight excluding hydrogens is 565 g/mol. The SMILES string of the molecule is COCCOCCON(Br)C(=O)c1ccc(F)c(F)c1Nc1ccc(I)cc1C. The third kappa shape index (κ3) is 6.85. The molecule has 0 aliphatic rings. The Morgan fingerprint density at radius 2 is 1.90 bits per heavy atom. The summed E-state index contributed by atoms with van der Waals surface area (Å²) in [4.78, 5) is 17.9. The number of halogens is 4. The lowest BCUT2D eigenvalue weighted by Gasteiger charge is -2.18. The van der Waals surface area contributed by atoms with Crippen molar-refractivity contribution in [3.8, 4) is 0 Å². The highest BCUT2D eigenvalue weighted by atomic mass is 127. The molecule has 1 amide bonds. The highest BCUT2D eigenvalue weighted by molar-refractivity contribution is 14.1. The van der Waals surface area contributed by atoms with Crippen LogP contribution in [0.3, 0.4) is 0 Å². The highest BCUT2D eigenvalue weighted by Crippen LogP contribution is 2.30. The average molecular weight is 585 g/mol. The zero-order chi connectivity index (χ0) is 21.4. The van der Waals surface area contributed by atoms with Gasteiger partial charge in [-0.1, -0.05) is 0 Å². The van der Waals surface area contributed by atoms with E-state index in [2.05, 4.69) is 44.1 Å². The number of amides is 1. The third-order valence-corrected chi connectivity index (χ3v) is 4.99. The van der Waals surface area contributed by atoms with Crippen LogP contribution in [-0.2, 0) is 14.3 Å². The van der Waals surface area contributed by atoms with E-state index < -0.39 is 17.5 Å². The molecule has 29 heavy (non-hydrogen) atoms. The van der Waals surface area contributed by atoms with E-state index in [0.29, 0.717) is 18.9 Å². The van der Waals surface area contributed by atoms with Gasteiger partial charge in [-0.15, -0.1) is 4.09 Å². The van der Waals surface area contributed by atoms with Crippen LogP contribution >= 0.6 is 38.7 Å². The van der Waals surface area contributed by atoms with Gasteiger partial charge in [-0.3, -0.25) is 9.63 Å². The molecule has 0 heterocycles. The van der Waals surface area contributed by atoms with Gasteiger partial charge in [-0.05, 0) is 65.4 Å². The number of hydroxylamine groups is 1. The van der Waals surface area contributed by atoms with E-state index >= 15 is 0 Å². The molecule has 0 saturated heterocycles. The Bertz CT molecular complexity index is 857. The second-order valence-corrected chi connectivity index (χ2v) is 7.75. The average Bonchev–Trinajstić information content (AvgIpc) is 2.69. The van der Waals surface area contributed by atoms with Gasteiger partial charge in [0, 0.05) is 16.4 Å². The van der Waals surface area contributed by atoms with Crippen LogP contribution < -0.4 is 5.32 Å². The van der Waals surface area contributed by atoms with Crippen LogP contribution in [0.4, 0.5) is 20.2 Å². The minimum absolute atomic E-state index is 0.0728. The van der Waals surface area contributed by atoms with E-state index in [4.69, 9.17) is 14.3 Å². The van der Waals surface area contributed by atoms with Gasteiger partial charge in [0.1, 0.15) is 0 Å². The molecule has 2 aromatic carbocycles. The number of carbonyl (C=O) groups is 1. The van der Waals surface area contributed by atoms with Crippen LogP contribution in [0.15, 0.2) is 30.3 Å².